The van der Waals surface area contributed by atoms with E-state index in [4.69, 9.17) is 9.84 Å². The minimum atomic E-state index is -0.706. The number of carboxylic acids is 1. The number of benzene rings is 1. The van der Waals surface area contributed by atoms with Crippen molar-refractivity contribution in [3.05, 3.63) is 24.3 Å². The summed E-state index contributed by atoms with van der Waals surface area (Å²) in [5.74, 6) is 0.0630. The summed E-state index contributed by atoms with van der Waals surface area (Å²) in [6, 6.07) is 7.50. The highest BCUT2D eigenvalue weighted by atomic mass is 16.5. The third-order valence-electron chi connectivity index (χ3n) is 3.01. The van der Waals surface area contributed by atoms with Gasteiger partial charge in [-0.3, -0.25) is 4.79 Å². The Kier molecular flexibility index (Phi) is 2.73. The molecule has 0 heterocycles. The predicted octanol–water partition coefficient (Wildman–Crippen LogP) is 1.97. The van der Waals surface area contributed by atoms with Crippen molar-refractivity contribution in [3.8, 4) is 5.75 Å². The van der Waals surface area contributed by atoms with Crippen LogP contribution < -0.4 is 10.1 Å². The summed E-state index contributed by atoms with van der Waals surface area (Å²) in [5, 5.41) is 12.2. The molecule has 0 amide bonds. The van der Waals surface area contributed by atoms with E-state index in [1.807, 2.05) is 24.3 Å². The van der Waals surface area contributed by atoms with E-state index in [1.165, 1.54) is 0 Å². The zero-order chi connectivity index (χ0) is 11.6. The molecule has 2 N–H and O–H groups in total. The van der Waals surface area contributed by atoms with Crippen LogP contribution in [0.3, 0.4) is 0 Å². The summed E-state index contributed by atoms with van der Waals surface area (Å²) in [7, 11) is 1.61. The quantitative estimate of drug-likeness (QED) is 0.798. The molecule has 2 rings (SSSR count). The van der Waals surface area contributed by atoms with Crippen molar-refractivity contribution in [2.75, 3.05) is 19.0 Å². The van der Waals surface area contributed by atoms with Crippen LogP contribution in [0.15, 0.2) is 24.3 Å². The molecule has 1 fully saturated rings. The van der Waals surface area contributed by atoms with E-state index in [-0.39, 0.29) is 0 Å². The van der Waals surface area contributed by atoms with Crippen LogP contribution in [0.1, 0.15) is 12.8 Å². The predicted molar refractivity (Wildman–Crippen MR) is 60.8 cm³/mol. The fraction of sp³-hybridized carbons (Fsp3) is 0.417. The maximum atomic E-state index is 11.0. The van der Waals surface area contributed by atoms with Crippen LogP contribution in [0, 0.1) is 5.41 Å². The van der Waals surface area contributed by atoms with Crippen LogP contribution in [-0.2, 0) is 4.79 Å². The lowest BCUT2D eigenvalue weighted by Gasteiger charge is -2.12. The maximum Gasteiger partial charge on any atom is 0.311 e. The summed E-state index contributed by atoms with van der Waals surface area (Å²) >= 11 is 0. The van der Waals surface area contributed by atoms with Gasteiger partial charge in [-0.05, 0) is 25.0 Å². The van der Waals surface area contributed by atoms with Crippen LogP contribution in [0.25, 0.3) is 0 Å². The van der Waals surface area contributed by atoms with E-state index in [0.717, 1.165) is 24.3 Å². The minimum Gasteiger partial charge on any atom is -0.497 e. The first-order valence-electron chi connectivity index (χ1n) is 5.28. The van der Waals surface area contributed by atoms with Gasteiger partial charge in [0.05, 0.1) is 12.5 Å². The SMILES string of the molecule is COc1cccc(NCC2(C(=O)O)CC2)c1. The minimum absolute atomic E-state index is 0.482. The average Bonchev–Trinajstić information content (AvgIpc) is 3.08. The maximum absolute atomic E-state index is 11.0. The van der Waals surface area contributed by atoms with Gasteiger partial charge in [0.2, 0.25) is 0 Å². The van der Waals surface area contributed by atoms with E-state index < -0.39 is 11.4 Å². The van der Waals surface area contributed by atoms with Crippen molar-refractivity contribution in [2.45, 2.75) is 12.8 Å². The highest BCUT2D eigenvalue weighted by Crippen LogP contribution is 2.45. The fourth-order valence-electron chi connectivity index (χ4n) is 1.62. The summed E-state index contributed by atoms with van der Waals surface area (Å²) in [6.45, 7) is 0.482. The van der Waals surface area contributed by atoms with Crippen LogP contribution in [0.4, 0.5) is 5.69 Å². The van der Waals surface area contributed by atoms with Gasteiger partial charge in [-0.15, -0.1) is 0 Å². The van der Waals surface area contributed by atoms with Gasteiger partial charge in [0, 0.05) is 18.3 Å². The van der Waals surface area contributed by atoms with Crippen LogP contribution >= 0.6 is 0 Å². The first-order valence-corrected chi connectivity index (χ1v) is 5.28. The second kappa shape index (κ2) is 4.04. The molecule has 0 aromatic heterocycles. The van der Waals surface area contributed by atoms with Crippen molar-refractivity contribution in [1.82, 2.24) is 0 Å². The van der Waals surface area contributed by atoms with Crippen molar-refractivity contribution in [3.63, 3.8) is 0 Å². The molecule has 1 aliphatic carbocycles. The van der Waals surface area contributed by atoms with Gasteiger partial charge in [-0.2, -0.15) is 0 Å². The standard InChI is InChI=1S/C12H15NO3/c1-16-10-4-2-3-9(7-10)13-8-12(5-6-12)11(14)15/h2-4,7,13H,5-6,8H2,1H3,(H,14,15). The van der Waals surface area contributed by atoms with Crippen LogP contribution in [0.5, 0.6) is 5.75 Å². The summed E-state index contributed by atoms with van der Waals surface area (Å²) in [5.41, 5.74) is 0.357. The molecule has 0 unspecified atom stereocenters. The van der Waals surface area contributed by atoms with E-state index in [9.17, 15) is 4.79 Å². The highest BCUT2D eigenvalue weighted by Gasteiger charge is 2.49. The van der Waals surface area contributed by atoms with Crippen molar-refractivity contribution in [2.24, 2.45) is 5.41 Å². The molecule has 1 aromatic rings. The molecule has 0 spiro atoms. The molecule has 4 heteroatoms. The monoisotopic (exact) mass is 221 g/mol. The number of rotatable bonds is 5. The second-order valence-corrected chi connectivity index (χ2v) is 4.17. The molecule has 4 nitrogen and oxygen atoms in total. The molecule has 0 radical (unpaired) electrons. The van der Waals surface area contributed by atoms with Gasteiger partial charge in [0.25, 0.3) is 0 Å². The Morgan fingerprint density at radius 3 is 2.88 bits per heavy atom. The second-order valence-electron chi connectivity index (χ2n) is 4.17. The van der Waals surface area contributed by atoms with E-state index in [2.05, 4.69) is 5.32 Å². The molecule has 86 valence electrons. The number of carbonyl (C=O) groups is 1. The summed E-state index contributed by atoms with van der Waals surface area (Å²) < 4.78 is 5.09. The Labute approximate surface area is 94.2 Å². The Bertz CT molecular complexity index is 399. The molecule has 0 atom stereocenters. The molecular formula is C12H15NO3. The number of aliphatic carboxylic acids is 1. The Morgan fingerprint density at radius 1 is 1.56 bits per heavy atom. The Balaban J connectivity index is 1.97. The molecule has 16 heavy (non-hydrogen) atoms. The number of nitrogens with one attached hydrogen (secondary N) is 1. The molecule has 0 aliphatic heterocycles. The van der Waals surface area contributed by atoms with Crippen molar-refractivity contribution >= 4 is 11.7 Å². The highest BCUT2D eigenvalue weighted by molar-refractivity contribution is 5.78. The lowest BCUT2D eigenvalue weighted by Crippen LogP contribution is -2.24. The van der Waals surface area contributed by atoms with Crippen molar-refractivity contribution in [1.29, 1.82) is 0 Å². The average molecular weight is 221 g/mol. The molecule has 1 aromatic carbocycles. The van der Waals surface area contributed by atoms with Gasteiger partial charge in [0.15, 0.2) is 0 Å². The summed E-state index contributed by atoms with van der Waals surface area (Å²) in [4.78, 5) is 11.0. The smallest absolute Gasteiger partial charge is 0.311 e. The topological polar surface area (TPSA) is 58.6 Å². The molecule has 1 aliphatic rings. The lowest BCUT2D eigenvalue weighted by atomic mass is 10.1. The molecule has 0 bridgehead atoms. The van der Waals surface area contributed by atoms with Gasteiger partial charge < -0.3 is 15.2 Å². The number of carboxylic acid groups (broad SMARTS) is 1. The third-order valence-corrected chi connectivity index (χ3v) is 3.01. The van der Waals surface area contributed by atoms with Gasteiger partial charge in [0.1, 0.15) is 5.75 Å². The number of anilines is 1. The fourth-order valence-corrected chi connectivity index (χ4v) is 1.62. The van der Waals surface area contributed by atoms with Crippen LogP contribution in [0.2, 0.25) is 0 Å². The van der Waals surface area contributed by atoms with E-state index in [0.29, 0.717) is 6.54 Å². The number of hydrogen-bond acceptors (Lipinski definition) is 3. The largest absolute Gasteiger partial charge is 0.497 e. The van der Waals surface area contributed by atoms with Crippen molar-refractivity contribution < 1.29 is 14.6 Å². The zero-order valence-corrected chi connectivity index (χ0v) is 9.19. The molecular weight excluding hydrogens is 206 g/mol. The first kappa shape index (κ1) is 10.8. The third kappa shape index (κ3) is 2.10. The first-order chi connectivity index (χ1) is 7.66. The van der Waals surface area contributed by atoms with Gasteiger partial charge in [-0.25, -0.2) is 0 Å². The molecule has 1 saturated carbocycles. The normalized spacial score (nSPS) is 16.6. The van der Waals surface area contributed by atoms with E-state index >= 15 is 0 Å². The zero-order valence-electron chi connectivity index (χ0n) is 9.19. The number of ether oxygens (including phenoxy) is 1. The lowest BCUT2D eigenvalue weighted by molar-refractivity contribution is -0.142. The van der Waals surface area contributed by atoms with Gasteiger partial charge in [-0.1, -0.05) is 6.07 Å². The molecule has 0 saturated heterocycles. The summed E-state index contributed by atoms with van der Waals surface area (Å²) in [6.07, 6.45) is 1.53. The van der Waals surface area contributed by atoms with E-state index in [1.54, 1.807) is 7.11 Å². The van der Waals surface area contributed by atoms with Crippen LogP contribution in [-0.4, -0.2) is 24.7 Å². The Hall–Kier alpha value is -1.71. The Morgan fingerprint density at radius 2 is 2.31 bits per heavy atom. The van der Waals surface area contributed by atoms with Gasteiger partial charge >= 0.3 is 5.97 Å². The number of methoxy groups -OCH3 is 1. The number of hydrogen-bond donors (Lipinski definition) is 2.